The molecule has 13 heavy (non-hydrogen) atoms. The van der Waals surface area contributed by atoms with Crippen molar-refractivity contribution in [2.75, 3.05) is 0 Å². The number of aldehydes is 1. The topological polar surface area (TPSA) is 17.1 Å². The van der Waals surface area contributed by atoms with Gasteiger partial charge in [0.25, 0.3) is 0 Å². The highest BCUT2D eigenvalue weighted by molar-refractivity contribution is 5.73. The van der Waals surface area contributed by atoms with Gasteiger partial charge < -0.3 is 0 Å². The van der Waals surface area contributed by atoms with E-state index in [4.69, 9.17) is 0 Å². The number of alkyl halides is 2. The summed E-state index contributed by atoms with van der Waals surface area (Å²) in [6, 6.07) is 0. The Balaban J connectivity index is 4.12. The number of rotatable bonds is 5. The summed E-state index contributed by atoms with van der Waals surface area (Å²) < 4.78 is 24.0. The maximum atomic E-state index is 12.0. The van der Waals surface area contributed by atoms with Gasteiger partial charge in [0.05, 0.1) is 0 Å². The van der Waals surface area contributed by atoms with Crippen LogP contribution < -0.4 is 0 Å². The molecule has 0 heterocycles. The zero-order valence-corrected chi connectivity index (χ0v) is 7.84. The van der Waals surface area contributed by atoms with Crippen molar-refractivity contribution in [2.24, 2.45) is 5.92 Å². The van der Waals surface area contributed by atoms with E-state index >= 15 is 0 Å². The highest BCUT2D eigenvalue weighted by atomic mass is 19.3. The van der Waals surface area contributed by atoms with Gasteiger partial charge in [-0.05, 0) is 12.0 Å². The van der Waals surface area contributed by atoms with Crippen molar-refractivity contribution >= 4 is 6.29 Å². The standard InChI is InChI=1S/C10H14F2O/c1-3-9(7-13)6-4-5-8(2)10(11)12/h4-8,10H,3H2,1-2H3/b5-4-,9-6+/t8-/m0/s1. The predicted molar refractivity (Wildman–Crippen MR) is 48.7 cm³/mol. The summed E-state index contributed by atoms with van der Waals surface area (Å²) in [7, 11) is 0. The van der Waals surface area contributed by atoms with E-state index in [0.29, 0.717) is 12.0 Å². The fourth-order valence-electron chi connectivity index (χ4n) is 0.679. The summed E-state index contributed by atoms with van der Waals surface area (Å²) in [6.07, 6.45) is 3.47. The summed E-state index contributed by atoms with van der Waals surface area (Å²) in [5, 5.41) is 0. The Hall–Kier alpha value is -0.990. The summed E-state index contributed by atoms with van der Waals surface area (Å²) in [6.45, 7) is 3.27. The first-order valence-corrected chi connectivity index (χ1v) is 4.22. The molecule has 0 N–H and O–H groups in total. The van der Waals surface area contributed by atoms with Gasteiger partial charge in [-0.2, -0.15) is 0 Å². The molecule has 0 unspecified atom stereocenters. The number of halogens is 2. The first kappa shape index (κ1) is 12.0. The van der Waals surface area contributed by atoms with Crippen LogP contribution in [0.4, 0.5) is 8.78 Å². The molecular formula is C10H14F2O. The summed E-state index contributed by atoms with van der Waals surface area (Å²) in [5.74, 6) is -0.763. The number of hydrogen-bond donors (Lipinski definition) is 0. The lowest BCUT2D eigenvalue weighted by atomic mass is 10.1. The number of allylic oxidation sites excluding steroid dienone is 4. The van der Waals surface area contributed by atoms with Crippen molar-refractivity contribution in [3.8, 4) is 0 Å². The summed E-state index contributed by atoms with van der Waals surface area (Å²) in [4.78, 5) is 10.3. The molecular weight excluding hydrogens is 174 g/mol. The molecule has 0 aliphatic rings. The molecule has 0 aromatic carbocycles. The molecule has 0 aliphatic heterocycles. The maximum Gasteiger partial charge on any atom is 0.244 e. The lowest BCUT2D eigenvalue weighted by molar-refractivity contribution is -0.105. The molecule has 0 fully saturated rings. The van der Waals surface area contributed by atoms with Crippen LogP contribution in [-0.2, 0) is 4.79 Å². The molecule has 74 valence electrons. The van der Waals surface area contributed by atoms with Gasteiger partial charge in [0, 0.05) is 5.92 Å². The van der Waals surface area contributed by atoms with E-state index in [1.807, 2.05) is 6.92 Å². The Morgan fingerprint density at radius 2 is 2.08 bits per heavy atom. The molecule has 0 radical (unpaired) electrons. The Morgan fingerprint density at radius 3 is 2.46 bits per heavy atom. The van der Waals surface area contributed by atoms with Crippen molar-refractivity contribution in [3.63, 3.8) is 0 Å². The Bertz CT molecular complexity index is 207. The highest BCUT2D eigenvalue weighted by Gasteiger charge is 2.09. The van der Waals surface area contributed by atoms with Crippen molar-refractivity contribution in [3.05, 3.63) is 23.8 Å². The Morgan fingerprint density at radius 1 is 1.46 bits per heavy atom. The van der Waals surface area contributed by atoms with Gasteiger partial charge in [0.2, 0.25) is 6.43 Å². The quantitative estimate of drug-likeness (QED) is 0.368. The number of carbonyl (C=O) groups is 1. The Kier molecular flexibility index (Phi) is 6.02. The lowest BCUT2D eigenvalue weighted by Crippen LogP contribution is -2.01. The first-order chi connectivity index (χ1) is 6.11. The van der Waals surface area contributed by atoms with Gasteiger partial charge in [-0.25, -0.2) is 8.78 Å². The van der Waals surface area contributed by atoms with Crippen LogP contribution in [0, 0.1) is 5.92 Å². The van der Waals surface area contributed by atoms with Gasteiger partial charge in [0.1, 0.15) is 6.29 Å². The van der Waals surface area contributed by atoms with E-state index in [0.717, 1.165) is 6.29 Å². The fraction of sp³-hybridized carbons (Fsp3) is 0.500. The van der Waals surface area contributed by atoms with E-state index < -0.39 is 12.3 Å². The normalized spacial score (nSPS) is 15.3. The Labute approximate surface area is 77.1 Å². The third-order valence-corrected chi connectivity index (χ3v) is 1.68. The van der Waals surface area contributed by atoms with Crippen LogP contribution in [0.25, 0.3) is 0 Å². The van der Waals surface area contributed by atoms with Gasteiger partial charge in [0.15, 0.2) is 0 Å². The fourth-order valence-corrected chi connectivity index (χ4v) is 0.679. The van der Waals surface area contributed by atoms with Gasteiger partial charge >= 0.3 is 0 Å². The maximum absolute atomic E-state index is 12.0. The molecule has 0 aliphatic carbocycles. The lowest BCUT2D eigenvalue weighted by Gasteiger charge is -2.01. The van der Waals surface area contributed by atoms with Crippen molar-refractivity contribution in [1.82, 2.24) is 0 Å². The van der Waals surface area contributed by atoms with Crippen LogP contribution in [-0.4, -0.2) is 12.7 Å². The molecule has 0 amide bonds. The average molecular weight is 188 g/mol. The molecule has 1 nitrogen and oxygen atoms in total. The monoisotopic (exact) mass is 188 g/mol. The van der Waals surface area contributed by atoms with Gasteiger partial charge in [-0.15, -0.1) is 0 Å². The minimum Gasteiger partial charge on any atom is -0.298 e. The van der Waals surface area contributed by atoms with Crippen LogP contribution >= 0.6 is 0 Å². The SMILES string of the molecule is CC/C(C=O)=C\C=C/[C@H](C)C(F)F. The molecule has 1 atom stereocenters. The van der Waals surface area contributed by atoms with E-state index in [1.54, 1.807) is 6.08 Å². The van der Waals surface area contributed by atoms with E-state index in [1.165, 1.54) is 19.1 Å². The second-order valence-corrected chi connectivity index (χ2v) is 2.79. The summed E-state index contributed by atoms with van der Waals surface area (Å²) >= 11 is 0. The molecule has 0 aromatic rings. The van der Waals surface area contributed by atoms with Gasteiger partial charge in [-0.3, -0.25) is 4.79 Å². The van der Waals surface area contributed by atoms with Crippen molar-refractivity contribution in [1.29, 1.82) is 0 Å². The van der Waals surface area contributed by atoms with E-state index in [-0.39, 0.29) is 0 Å². The second-order valence-electron chi connectivity index (χ2n) is 2.79. The largest absolute Gasteiger partial charge is 0.298 e. The van der Waals surface area contributed by atoms with Crippen molar-refractivity contribution in [2.45, 2.75) is 26.7 Å². The zero-order valence-electron chi connectivity index (χ0n) is 7.84. The summed E-state index contributed by atoms with van der Waals surface area (Å²) in [5.41, 5.74) is 0.609. The molecule has 0 rings (SSSR count). The number of hydrogen-bond acceptors (Lipinski definition) is 1. The first-order valence-electron chi connectivity index (χ1n) is 4.22. The van der Waals surface area contributed by atoms with E-state index in [2.05, 4.69) is 0 Å². The van der Waals surface area contributed by atoms with Crippen LogP contribution in [0.5, 0.6) is 0 Å². The smallest absolute Gasteiger partial charge is 0.244 e. The second kappa shape index (κ2) is 6.52. The molecule has 3 heteroatoms. The van der Waals surface area contributed by atoms with Crippen LogP contribution in [0.15, 0.2) is 23.8 Å². The molecule has 0 aromatic heterocycles. The average Bonchev–Trinajstić information content (AvgIpc) is 2.12. The third-order valence-electron chi connectivity index (χ3n) is 1.68. The minimum absolute atomic E-state index is 0.609. The molecule has 0 bridgehead atoms. The number of carbonyl (C=O) groups excluding carboxylic acids is 1. The minimum atomic E-state index is -2.34. The van der Waals surface area contributed by atoms with E-state index in [9.17, 15) is 13.6 Å². The van der Waals surface area contributed by atoms with Crippen LogP contribution in [0.2, 0.25) is 0 Å². The predicted octanol–water partition coefficient (Wildman–Crippen LogP) is 2.98. The van der Waals surface area contributed by atoms with Crippen LogP contribution in [0.3, 0.4) is 0 Å². The highest BCUT2D eigenvalue weighted by Crippen LogP contribution is 2.10. The third kappa shape index (κ3) is 5.28. The van der Waals surface area contributed by atoms with Crippen molar-refractivity contribution < 1.29 is 13.6 Å². The molecule has 0 spiro atoms. The van der Waals surface area contributed by atoms with Gasteiger partial charge in [-0.1, -0.05) is 32.1 Å². The molecule has 0 saturated carbocycles. The van der Waals surface area contributed by atoms with Crippen LogP contribution in [0.1, 0.15) is 20.3 Å². The molecule has 0 saturated heterocycles. The zero-order chi connectivity index (χ0) is 10.3.